The molecule has 3 aromatic rings. The van der Waals surface area contributed by atoms with Crippen molar-refractivity contribution in [2.24, 2.45) is 0 Å². The second-order valence-electron chi connectivity index (χ2n) is 4.52. The summed E-state index contributed by atoms with van der Waals surface area (Å²) in [6, 6.07) is 14.3. The van der Waals surface area contributed by atoms with Crippen molar-refractivity contribution in [3.05, 3.63) is 66.1 Å². The van der Waals surface area contributed by atoms with E-state index in [-0.39, 0.29) is 17.5 Å². The van der Waals surface area contributed by atoms with Gasteiger partial charge in [-0.05, 0) is 24.3 Å². The van der Waals surface area contributed by atoms with Crippen molar-refractivity contribution in [2.45, 2.75) is 0 Å². The van der Waals surface area contributed by atoms with Crippen molar-refractivity contribution in [1.82, 2.24) is 9.38 Å². The summed E-state index contributed by atoms with van der Waals surface area (Å²) in [5, 5.41) is 0. The molecule has 1 aromatic carbocycles. The molecule has 0 spiro atoms. The normalized spacial score (nSPS) is 14.1. The van der Waals surface area contributed by atoms with E-state index in [9.17, 15) is 9.59 Å². The minimum absolute atomic E-state index is 0.213. The number of rotatable bonds is 1. The molecule has 0 unspecified atom stereocenters. The van der Waals surface area contributed by atoms with Crippen molar-refractivity contribution in [1.29, 1.82) is 0 Å². The zero-order valence-electron chi connectivity index (χ0n) is 10.4. The molecule has 0 atom stereocenters. The van der Waals surface area contributed by atoms with E-state index in [1.807, 2.05) is 12.1 Å². The fourth-order valence-electron chi connectivity index (χ4n) is 2.46. The van der Waals surface area contributed by atoms with E-state index in [2.05, 4.69) is 4.98 Å². The Balaban J connectivity index is 1.93. The summed E-state index contributed by atoms with van der Waals surface area (Å²) >= 11 is 0. The van der Waals surface area contributed by atoms with E-state index >= 15 is 0 Å². The molecule has 0 N–H and O–H groups in total. The third-order valence-corrected chi connectivity index (χ3v) is 3.36. The summed E-state index contributed by atoms with van der Waals surface area (Å²) in [7, 11) is 0. The monoisotopic (exact) mass is 263 g/mol. The van der Waals surface area contributed by atoms with Crippen LogP contribution >= 0.6 is 0 Å². The van der Waals surface area contributed by atoms with Crippen LogP contribution in [0.1, 0.15) is 21.0 Å². The van der Waals surface area contributed by atoms with Gasteiger partial charge in [0.1, 0.15) is 11.3 Å². The number of nitrogens with zero attached hydrogens (tertiary/aromatic N) is 3. The van der Waals surface area contributed by atoms with Gasteiger partial charge in [0.05, 0.1) is 5.69 Å². The molecule has 4 rings (SSSR count). The number of hydrogen-bond donors (Lipinski definition) is 0. The van der Waals surface area contributed by atoms with E-state index in [1.165, 1.54) is 0 Å². The summed E-state index contributed by atoms with van der Waals surface area (Å²) in [6.07, 6.45) is 1.74. The molecule has 1 aliphatic rings. The van der Waals surface area contributed by atoms with Gasteiger partial charge in [-0.1, -0.05) is 24.3 Å². The third kappa shape index (κ3) is 1.29. The van der Waals surface area contributed by atoms with Crippen molar-refractivity contribution in [2.75, 3.05) is 4.90 Å². The Hall–Kier alpha value is -2.95. The standard InChI is InChI=1S/C15H9N3O2/c19-14-12-13(17-9-5-4-8-11(17)16-12)15(20)18(14)10-6-2-1-3-7-10/h1-9H. The smallest absolute Gasteiger partial charge is 0.286 e. The number of para-hydroxylation sites is 1. The number of hydrogen-bond acceptors (Lipinski definition) is 3. The van der Waals surface area contributed by atoms with Crippen LogP contribution in [0, 0.1) is 0 Å². The highest BCUT2D eigenvalue weighted by atomic mass is 16.2. The number of aromatic nitrogens is 2. The van der Waals surface area contributed by atoms with Gasteiger partial charge in [-0.2, -0.15) is 0 Å². The highest BCUT2D eigenvalue weighted by molar-refractivity contribution is 6.33. The third-order valence-electron chi connectivity index (χ3n) is 3.36. The Kier molecular flexibility index (Phi) is 2.06. The van der Waals surface area contributed by atoms with Gasteiger partial charge >= 0.3 is 0 Å². The number of anilines is 1. The second-order valence-corrected chi connectivity index (χ2v) is 4.52. The molecule has 3 heterocycles. The zero-order valence-corrected chi connectivity index (χ0v) is 10.4. The number of carbonyl (C=O) groups excluding carboxylic acids is 2. The fourth-order valence-corrected chi connectivity index (χ4v) is 2.46. The molecule has 0 aliphatic carbocycles. The van der Waals surface area contributed by atoms with Crippen LogP contribution in [0.5, 0.6) is 0 Å². The average molecular weight is 263 g/mol. The Morgan fingerprint density at radius 1 is 0.850 bits per heavy atom. The van der Waals surface area contributed by atoms with Crippen LogP contribution in [0.25, 0.3) is 5.65 Å². The molecule has 5 nitrogen and oxygen atoms in total. The summed E-state index contributed by atoms with van der Waals surface area (Å²) in [6.45, 7) is 0. The minimum atomic E-state index is -0.375. The van der Waals surface area contributed by atoms with Crippen LogP contribution in [0.3, 0.4) is 0 Å². The molecule has 0 saturated heterocycles. The van der Waals surface area contributed by atoms with Crippen molar-refractivity contribution in [3.63, 3.8) is 0 Å². The SMILES string of the molecule is O=C1c2nc3ccccn3c2C(=O)N1c1ccccc1. The number of carbonyl (C=O) groups is 2. The fraction of sp³-hybridized carbons (Fsp3) is 0. The van der Waals surface area contributed by atoms with Gasteiger partial charge < -0.3 is 0 Å². The van der Waals surface area contributed by atoms with Gasteiger partial charge in [-0.3, -0.25) is 14.0 Å². The molecular formula is C15H9N3O2. The van der Waals surface area contributed by atoms with E-state index in [0.717, 1.165) is 4.90 Å². The van der Waals surface area contributed by atoms with Crippen LogP contribution < -0.4 is 4.90 Å². The quantitative estimate of drug-likeness (QED) is 0.632. The van der Waals surface area contributed by atoms with E-state index in [1.54, 1.807) is 47.0 Å². The first-order valence-electron chi connectivity index (χ1n) is 6.18. The van der Waals surface area contributed by atoms with E-state index in [4.69, 9.17) is 0 Å². The van der Waals surface area contributed by atoms with Crippen molar-refractivity contribution >= 4 is 23.1 Å². The first kappa shape index (κ1) is 10.9. The summed E-state index contributed by atoms with van der Waals surface area (Å²) in [5.74, 6) is -0.713. The number of fused-ring (bicyclic) bond motifs is 3. The molecule has 2 amide bonds. The maximum absolute atomic E-state index is 12.5. The predicted molar refractivity (Wildman–Crippen MR) is 72.8 cm³/mol. The lowest BCUT2D eigenvalue weighted by atomic mass is 10.3. The number of amides is 2. The highest BCUT2D eigenvalue weighted by Crippen LogP contribution is 2.28. The Morgan fingerprint density at radius 3 is 2.40 bits per heavy atom. The van der Waals surface area contributed by atoms with Crippen LogP contribution in [-0.4, -0.2) is 21.2 Å². The van der Waals surface area contributed by atoms with E-state index < -0.39 is 0 Å². The van der Waals surface area contributed by atoms with Gasteiger partial charge in [-0.15, -0.1) is 0 Å². The van der Waals surface area contributed by atoms with Gasteiger partial charge in [0.2, 0.25) is 0 Å². The average Bonchev–Trinajstić information content (AvgIpc) is 2.97. The number of imide groups is 1. The lowest BCUT2D eigenvalue weighted by Gasteiger charge is -2.13. The molecule has 2 aromatic heterocycles. The summed E-state index contributed by atoms with van der Waals surface area (Å²) in [4.78, 5) is 30.3. The number of imidazole rings is 1. The lowest BCUT2D eigenvalue weighted by molar-refractivity contribution is 0.0922. The largest absolute Gasteiger partial charge is 0.295 e. The van der Waals surface area contributed by atoms with Gasteiger partial charge in [0.25, 0.3) is 11.8 Å². The lowest BCUT2D eigenvalue weighted by Crippen LogP contribution is -2.30. The Morgan fingerprint density at radius 2 is 1.60 bits per heavy atom. The zero-order chi connectivity index (χ0) is 13.7. The highest BCUT2D eigenvalue weighted by Gasteiger charge is 2.41. The van der Waals surface area contributed by atoms with Gasteiger partial charge in [0, 0.05) is 6.20 Å². The van der Waals surface area contributed by atoms with Gasteiger partial charge in [-0.25, -0.2) is 9.88 Å². The van der Waals surface area contributed by atoms with Crippen LogP contribution in [0.2, 0.25) is 0 Å². The molecule has 20 heavy (non-hydrogen) atoms. The van der Waals surface area contributed by atoms with Crippen LogP contribution in [0.4, 0.5) is 5.69 Å². The number of benzene rings is 1. The molecular weight excluding hydrogens is 254 g/mol. The molecule has 96 valence electrons. The van der Waals surface area contributed by atoms with Crippen LogP contribution in [0.15, 0.2) is 54.7 Å². The Bertz CT molecular complexity index is 852. The Labute approximate surface area is 114 Å². The van der Waals surface area contributed by atoms with Crippen molar-refractivity contribution < 1.29 is 9.59 Å². The molecule has 0 bridgehead atoms. The molecule has 0 fully saturated rings. The maximum atomic E-state index is 12.5. The second kappa shape index (κ2) is 3.77. The first-order valence-corrected chi connectivity index (χ1v) is 6.18. The number of pyridine rings is 1. The molecule has 5 heteroatoms. The van der Waals surface area contributed by atoms with Crippen molar-refractivity contribution in [3.8, 4) is 0 Å². The molecule has 0 saturated carbocycles. The minimum Gasteiger partial charge on any atom is -0.295 e. The predicted octanol–water partition coefficient (Wildman–Crippen LogP) is 2.13. The molecule has 0 radical (unpaired) electrons. The molecule has 1 aliphatic heterocycles. The van der Waals surface area contributed by atoms with Crippen LogP contribution in [-0.2, 0) is 0 Å². The summed E-state index contributed by atoms with van der Waals surface area (Å²) in [5.41, 5.74) is 1.71. The van der Waals surface area contributed by atoms with Gasteiger partial charge in [0.15, 0.2) is 5.69 Å². The van der Waals surface area contributed by atoms with E-state index in [0.29, 0.717) is 17.0 Å². The summed E-state index contributed by atoms with van der Waals surface area (Å²) < 4.78 is 1.65. The maximum Gasteiger partial charge on any atom is 0.286 e. The first-order chi connectivity index (χ1) is 9.77. The topological polar surface area (TPSA) is 54.7 Å².